The van der Waals surface area contributed by atoms with E-state index in [1.807, 2.05) is 11.4 Å². The van der Waals surface area contributed by atoms with Gasteiger partial charge in [-0.05, 0) is 54.3 Å². The molecule has 0 radical (unpaired) electrons. The van der Waals surface area contributed by atoms with E-state index in [2.05, 4.69) is 29.2 Å². The number of carbonyl (C=O) groups is 1. The number of carbonyl (C=O) groups excluding carboxylic acids is 1. The number of nitrogens with zero attached hydrogens (tertiary/aromatic N) is 2. The van der Waals surface area contributed by atoms with E-state index in [1.54, 1.807) is 11.3 Å². The first kappa shape index (κ1) is 15.3. The number of benzene rings is 1. The molecule has 2 aliphatic heterocycles. The van der Waals surface area contributed by atoms with Crippen LogP contribution in [0.3, 0.4) is 0 Å². The summed E-state index contributed by atoms with van der Waals surface area (Å²) in [7, 11) is 0. The second-order valence-electron chi connectivity index (χ2n) is 7.39. The Labute approximate surface area is 152 Å². The second kappa shape index (κ2) is 6.10. The van der Waals surface area contributed by atoms with Crippen molar-refractivity contribution in [3.63, 3.8) is 0 Å². The molecule has 0 amide bonds. The van der Waals surface area contributed by atoms with E-state index in [9.17, 15) is 4.79 Å². The van der Waals surface area contributed by atoms with Crippen molar-refractivity contribution in [3.8, 4) is 0 Å². The number of amidine groups is 1. The summed E-state index contributed by atoms with van der Waals surface area (Å²) in [5.41, 5.74) is 3.46. The lowest BCUT2D eigenvalue weighted by Gasteiger charge is -2.25. The van der Waals surface area contributed by atoms with Crippen molar-refractivity contribution < 1.29 is 4.79 Å². The standard InChI is InChI=1S/C21H22N2OS/c24-19-17-10-12-23(20(17)22-21-18(19)11-13-25-21)16-8-6-15(7-9-16)14-4-2-1-3-5-14/h6-9,11,13-14,17H,1-5,10,12H2. The van der Waals surface area contributed by atoms with Crippen LogP contribution in [0.4, 0.5) is 10.7 Å². The minimum Gasteiger partial charge on any atom is -0.329 e. The Balaban J connectivity index is 1.43. The van der Waals surface area contributed by atoms with Crippen LogP contribution in [0, 0.1) is 5.92 Å². The van der Waals surface area contributed by atoms with Gasteiger partial charge in [0.2, 0.25) is 0 Å². The maximum Gasteiger partial charge on any atom is 0.176 e. The van der Waals surface area contributed by atoms with Crippen LogP contribution in [0.5, 0.6) is 0 Å². The van der Waals surface area contributed by atoms with Crippen molar-refractivity contribution in [3.05, 3.63) is 46.8 Å². The Bertz CT molecular complexity index is 830. The molecule has 1 saturated heterocycles. The third kappa shape index (κ3) is 2.54. The average molecular weight is 350 g/mol. The lowest BCUT2D eigenvalue weighted by Crippen LogP contribution is -2.32. The SMILES string of the molecule is O=C1c2ccsc2N=C2C1CCN2c1ccc(C2CCCCC2)cc1. The maximum absolute atomic E-state index is 12.7. The van der Waals surface area contributed by atoms with E-state index in [-0.39, 0.29) is 11.7 Å². The van der Waals surface area contributed by atoms with Gasteiger partial charge < -0.3 is 4.90 Å². The van der Waals surface area contributed by atoms with E-state index in [0.29, 0.717) is 0 Å². The Morgan fingerprint density at radius 3 is 2.60 bits per heavy atom. The first-order valence-corrected chi connectivity index (χ1v) is 10.3. The monoisotopic (exact) mass is 350 g/mol. The number of anilines is 1. The number of Topliss-reactive ketones (excluding diaryl/α,β-unsaturated/α-hetero) is 1. The summed E-state index contributed by atoms with van der Waals surface area (Å²) in [5.74, 6) is 1.88. The molecule has 0 N–H and O–H groups in total. The molecular formula is C21H22N2OS. The number of thiophene rings is 1. The topological polar surface area (TPSA) is 32.7 Å². The highest BCUT2D eigenvalue weighted by molar-refractivity contribution is 7.14. The number of rotatable bonds is 2. The van der Waals surface area contributed by atoms with E-state index in [4.69, 9.17) is 4.99 Å². The third-order valence-corrected chi connectivity index (χ3v) is 6.76. The summed E-state index contributed by atoms with van der Waals surface area (Å²) >= 11 is 1.56. The van der Waals surface area contributed by atoms with E-state index >= 15 is 0 Å². The molecule has 0 bridgehead atoms. The zero-order valence-corrected chi connectivity index (χ0v) is 15.1. The van der Waals surface area contributed by atoms with Crippen molar-refractivity contribution in [2.45, 2.75) is 44.4 Å². The predicted molar refractivity (Wildman–Crippen MR) is 103 cm³/mol. The first-order valence-electron chi connectivity index (χ1n) is 9.39. The Morgan fingerprint density at radius 2 is 1.80 bits per heavy atom. The zero-order valence-electron chi connectivity index (χ0n) is 14.3. The fraction of sp³-hybridized carbons (Fsp3) is 0.429. The number of fused-ring (bicyclic) bond motifs is 2. The summed E-state index contributed by atoms with van der Waals surface area (Å²) in [6.45, 7) is 0.882. The van der Waals surface area contributed by atoms with E-state index in [0.717, 1.165) is 35.3 Å². The Hall–Kier alpha value is -1.94. The zero-order chi connectivity index (χ0) is 16.8. The van der Waals surface area contributed by atoms with Gasteiger partial charge in [-0.1, -0.05) is 31.4 Å². The number of aliphatic imine (C=N–C) groups is 1. The highest BCUT2D eigenvalue weighted by Gasteiger charge is 2.40. The molecule has 2 aromatic rings. The lowest BCUT2D eigenvalue weighted by atomic mass is 9.84. The van der Waals surface area contributed by atoms with E-state index in [1.165, 1.54) is 43.4 Å². The van der Waals surface area contributed by atoms with Gasteiger partial charge >= 0.3 is 0 Å². The molecule has 25 heavy (non-hydrogen) atoms. The molecule has 4 heteroatoms. The van der Waals surface area contributed by atoms with Crippen molar-refractivity contribution in [1.82, 2.24) is 0 Å². The van der Waals surface area contributed by atoms with Gasteiger partial charge in [0.25, 0.3) is 0 Å². The summed E-state index contributed by atoms with van der Waals surface area (Å²) in [6, 6.07) is 11.0. The molecule has 128 valence electrons. The van der Waals surface area contributed by atoms with Crippen LogP contribution < -0.4 is 4.90 Å². The quantitative estimate of drug-likeness (QED) is 0.711. The fourth-order valence-electron chi connectivity index (χ4n) is 4.57. The molecule has 1 unspecified atom stereocenters. The highest BCUT2D eigenvalue weighted by atomic mass is 32.1. The number of ketones is 1. The maximum atomic E-state index is 12.7. The third-order valence-electron chi connectivity index (χ3n) is 5.95. The van der Waals surface area contributed by atoms with Gasteiger partial charge in [-0.25, -0.2) is 4.99 Å². The predicted octanol–water partition coefficient (Wildman–Crippen LogP) is 5.55. The molecule has 1 aliphatic carbocycles. The van der Waals surface area contributed by atoms with Gasteiger partial charge in [-0.3, -0.25) is 4.79 Å². The normalized spacial score (nSPS) is 23.4. The first-order chi connectivity index (χ1) is 12.3. The van der Waals surface area contributed by atoms with Gasteiger partial charge in [0.05, 0.1) is 11.5 Å². The summed E-state index contributed by atoms with van der Waals surface area (Å²) in [6.07, 6.45) is 7.64. The van der Waals surface area contributed by atoms with Crippen LogP contribution in [-0.2, 0) is 0 Å². The van der Waals surface area contributed by atoms with Crippen LogP contribution in [0.15, 0.2) is 40.7 Å². The van der Waals surface area contributed by atoms with Crippen LogP contribution in [0.1, 0.15) is 60.4 Å². The molecule has 3 heterocycles. The molecule has 3 nitrogen and oxygen atoms in total. The summed E-state index contributed by atoms with van der Waals surface area (Å²) < 4.78 is 0. The molecule has 2 fully saturated rings. The minimum absolute atomic E-state index is 0.0554. The highest BCUT2D eigenvalue weighted by Crippen LogP contribution is 2.40. The van der Waals surface area contributed by atoms with Gasteiger partial charge in [-0.2, -0.15) is 0 Å². The van der Waals surface area contributed by atoms with Crippen molar-refractivity contribution in [2.75, 3.05) is 11.4 Å². The van der Waals surface area contributed by atoms with E-state index < -0.39 is 0 Å². The minimum atomic E-state index is -0.0554. The van der Waals surface area contributed by atoms with Crippen LogP contribution in [0.25, 0.3) is 0 Å². The number of hydrogen-bond acceptors (Lipinski definition) is 4. The van der Waals surface area contributed by atoms with Gasteiger partial charge in [0.1, 0.15) is 10.8 Å². The molecule has 1 atom stereocenters. The van der Waals surface area contributed by atoms with Gasteiger partial charge in [0.15, 0.2) is 5.78 Å². The average Bonchev–Trinajstić information content (AvgIpc) is 3.30. The van der Waals surface area contributed by atoms with Crippen molar-refractivity contribution >= 4 is 33.6 Å². The molecule has 0 spiro atoms. The second-order valence-corrected chi connectivity index (χ2v) is 8.29. The fourth-order valence-corrected chi connectivity index (χ4v) is 5.34. The lowest BCUT2D eigenvalue weighted by molar-refractivity contribution is 0.0954. The van der Waals surface area contributed by atoms with Crippen LogP contribution >= 0.6 is 11.3 Å². The van der Waals surface area contributed by atoms with Crippen LogP contribution in [-0.4, -0.2) is 18.2 Å². The van der Waals surface area contributed by atoms with Gasteiger partial charge in [-0.15, -0.1) is 11.3 Å². The smallest absolute Gasteiger partial charge is 0.176 e. The molecular weight excluding hydrogens is 328 g/mol. The summed E-state index contributed by atoms with van der Waals surface area (Å²) in [4.78, 5) is 19.8. The Morgan fingerprint density at radius 1 is 1.00 bits per heavy atom. The molecule has 1 saturated carbocycles. The van der Waals surface area contributed by atoms with Crippen molar-refractivity contribution in [2.24, 2.45) is 10.9 Å². The van der Waals surface area contributed by atoms with Crippen LogP contribution in [0.2, 0.25) is 0 Å². The Kier molecular flexibility index (Phi) is 3.74. The molecule has 3 aliphatic rings. The number of hydrogen-bond donors (Lipinski definition) is 0. The van der Waals surface area contributed by atoms with Crippen molar-refractivity contribution in [1.29, 1.82) is 0 Å². The largest absolute Gasteiger partial charge is 0.329 e. The molecule has 1 aromatic carbocycles. The van der Waals surface area contributed by atoms with Gasteiger partial charge in [0, 0.05) is 12.2 Å². The molecule has 1 aromatic heterocycles. The molecule has 5 rings (SSSR count). The summed E-state index contributed by atoms with van der Waals surface area (Å²) in [5, 5.41) is 2.85.